The van der Waals surface area contributed by atoms with Crippen molar-refractivity contribution in [1.82, 2.24) is 9.71 Å². The van der Waals surface area contributed by atoms with E-state index in [4.69, 9.17) is 10.4 Å². The minimum atomic E-state index is -3.77. The van der Waals surface area contributed by atoms with Crippen LogP contribution in [0.3, 0.4) is 0 Å². The van der Waals surface area contributed by atoms with E-state index < -0.39 is 21.9 Å². The van der Waals surface area contributed by atoms with E-state index in [9.17, 15) is 13.2 Å². The number of aromatic nitrogens is 1. The lowest BCUT2D eigenvalue weighted by atomic mass is 10.2. The Kier molecular flexibility index (Phi) is 3.88. The predicted molar refractivity (Wildman–Crippen MR) is 57.7 cm³/mol. The van der Waals surface area contributed by atoms with Gasteiger partial charge in [0.1, 0.15) is 10.6 Å². The molecule has 0 fully saturated rings. The average Bonchev–Trinajstić information content (AvgIpc) is 2.76. The van der Waals surface area contributed by atoms with Gasteiger partial charge in [0.2, 0.25) is 10.0 Å². The van der Waals surface area contributed by atoms with Gasteiger partial charge in [-0.25, -0.2) is 17.9 Å². The smallest absolute Gasteiger partial charge is 0.352 e. The van der Waals surface area contributed by atoms with Gasteiger partial charge in [0.15, 0.2) is 0 Å². The first-order chi connectivity index (χ1) is 7.86. The van der Waals surface area contributed by atoms with E-state index in [0.29, 0.717) is 0 Å². The predicted octanol–water partition coefficient (Wildman–Crippen LogP) is 0.151. The van der Waals surface area contributed by atoms with E-state index in [1.54, 1.807) is 6.92 Å². The monoisotopic (exact) mass is 257 g/mol. The van der Waals surface area contributed by atoms with Crippen molar-refractivity contribution in [3.05, 3.63) is 18.0 Å². The van der Waals surface area contributed by atoms with E-state index >= 15 is 0 Å². The summed E-state index contributed by atoms with van der Waals surface area (Å²) >= 11 is 0. The number of rotatable bonds is 5. The zero-order valence-corrected chi connectivity index (χ0v) is 9.78. The number of carboxylic acids is 1. The summed E-state index contributed by atoms with van der Waals surface area (Å²) in [5, 5.41) is 17.1. The molecule has 8 heteroatoms. The average molecular weight is 257 g/mol. The quantitative estimate of drug-likeness (QED) is 0.692. The second-order valence-electron chi connectivity index (χ2n) is 3.44. The Balaban J connectivity index is 2.83. The molecule has 92 valence electrons. The Morgan fingerprint density at radius 2 is 2.35 bits per heavy atom. The SMILES string of the molecule is CC(C#N)CNS(=O)(=O)c1c[nH]c(C(=O)O)c1. The number of carboxylic acid groups (broad SMARTS) is 1. The number of aromatic amines is 1. The molecule has 1 atom stereocenters. The van der Waals surface area contributed by atoms with Gasteiger partial charge in [-0.2, -0.15) is 5.26 Å². The number of aromatic carboxylic acids is 1. The van der Waals surface area contributed by atoms with Gasteiger partial charge in [-0.15, -0.1) is 0 Å². The minimum absolute atomic E-state index is 0.0214. The molecule has 0 aliphatic rings. The maximum Gasteiger partial charge on any atom is 0.352 e. The van der Waals surface area contributed by atoms with Crippen LogP contribution in [0.2, 0.25) is 0 Å². The molecule has 1 rings (SSSR count). The number of H-pyrrole nitrogens is 1. The molecular weight excluding hydrogens is 246 g/mol. The Morgan fingerprint density at radius 3 is 2.82 bits per heavy atom. The molecule has 0 spiro atoms. The van der Waals surface area contributed by atoms with Gasteiger partial charge in [0, 0.05) is 12.7 Å². The fraction of sp³-hybridized carbons (Fsp3) is 0.333. The van der Waals surface area contributed by atoms with Gasteiger partial charge >= 0.3 is 5.97 Å². The lowest BCUT2D eigenvalue weighted by Crippen LogP contribution is -2.27. The molecule has 1 heterocycles. The van der Waals surface area contributed by atoms with Crippen LogP contribution in [0.1, 0.15) is 17.4 Å². The lowest BCUT2D eigenvalue weighted by Gasteiger charge is -2.05. The Hall–Kier alpha value is -1.85. The van der Waals surface area contributed by atoms with E-state index in [0.717, 1.165) is 12.3 Å². The second-order valence-corrected chi connectivity index (χ2v) is 5.20. The van der Waals surface area contributed by atoms with Crippen molar-refractivity contribution >= 4 is 16.0 Å². The summed E-state index contributed by atoms with van der Waals surface area (Å²) in [6.45, 7) is 1.55. The number of hydrogen-bond acceptors (Lipinski definition) is 4. The van der Waals surface area contributed by atoms with Crippen molar-refractivity contribution in [2.75, 3.05) is 6.54 Å². The largest absolute Gasteiger partial charge is 0.477 e. The van der Waals surface area contributed by atoms with Gasteiger partial charge < -0.3 is 10.1 Å². The first-order valence-corrected chi connectivity index (χ1v) is 6.16. The molecule has 3 N–H and O–H groups in total. The summed E-state index contributed by atoms with van der Waals surface area (Å²) in [5.41, 5.74) is -0.210. The zero-order valence-electron chi connectivity index (χ0n) is 8.97. The molecule has 17 heavy (non-hydrogen) atoms. The fourth-order valence-corrected chi connectivity index (χ4v) is 2.14. The topological polar surface area (TPSA) is 123 Å². The molecule has 0 amide bonds. The maximum atomic E-state index is 11.7. The van der Waals surface area contributed by atoms with Crippen LogP contribution in [-0.4, -0.2) is 31.0 Å². The number of sulfonamides is 1. The van der Waals surface area contributed by atoms with Gasteiger partial charge in [0.25, 0.3) is 0 Å². The fourth-order valence-electron chi connectivity index (χ4n) is 1.02. The summed E-state index contributed by atoms with van der Waals surface area (Å²) in [5.74, 6) is -1.69. The molecular formula is C9H11N3O4S. The van der Waals surface area contributed by atoms with Crippen molar-refractivity contribution in [3.63, 3.8) is 0 Å². The normalized spacial score (nSPS) is 12.9. The van der Waals surface area contributed by atoms with Crippen molar-refractivity contribution in [1.29, 1.82) is 5.26 Å². The van der Waals surface area contributed by atoms with Crippen molar-refractivity contribution < 1.29 is 18.3 Å². The molecule has 0 saturated carbocycles. The molecule has 0 aliphatic heterocycles. The number of nitriles is 1. The zero-order chi connectivity index (χ0) is 13.1. The first-order valence-electron chi connectivity index (χ1n) is 4.68. The minimum Gasteiger partial charge on any atom is -0.477 e. The first kappa shape index (κ1) is 13.2. The molecule has 7 nitrogen and oxygen atoms in total. The number of carbonyl (C=O) groups is 1. The van der Waals surface area contributed by atoms with Crippen LogP contribution < -0.4 is 4.72 Å². The van der Waals surface area contributed by atoms with E-state index in [-0.39, 0.29) is 17.1 Å². The van der Waals surface area contributed by atoms with Crippen molar-refractivity contribution in [2.45, 2.75) is 11.8 Å². The van der Waals surface area contributed by atoms with Crippen LogP contribution in [-0.2, 0) is 10.0 Å². The van der Waals surface area contributed by atoms with Crippen LogP contribution in [0.15, 0.2) is 17.2 Å². The third-order valence-electron chi connectivity index (χ3n) is 2.00. The maximum absolute atomic E-state index is 11.7. The van der Waals surface area contributed by atoms with Crippen molar-refractivity contribution in [2.24, 2.45) is 5.92 Å². The highest BCUT2D eigenvalue weighted by molar-refractivity contribution is 7.89. The number of hydrogen-bond donors (Lipinski definition) is 3. The molecule has 0 saturated heterocycles. The third kappa shape index (κ3) is 3.30. The van der Waals surface area contributed by atoms with Crippen LogP contribution in [0.4, 0.5) is 0 Å². The van der Waals surface area contributed by atoms with Crippen molar-refractivity contribution in [3.8, 4) is 6.07 Å². The lowest BCUT2D eigenvalue weighted by molar-refractivity contribution is 0.0691. The highest BCUT2D eigenvalue weighted by atomic mass is 32.2. The van der Waals surface area contributed by atoms with Gasteiger partial charge in [-0.1, -0.05) is 0 Å². The standard InChI is InChI=1S/C9H11N3O4S/c1-6(3-10)4-12-17(15,16)7-2-8(9(13)14)11-5-7/h2,5-6,11-12H,4H2,1H3,(H,13,14). The number of nitrogens with one attached hydrogen (secondary N) is 2. The van der Waals surface area contributed by atoms with E-state index in [2.05, 4.69) is 9.71 Å². The highest BCUT2D eigenvalue weighted by Crippen LogP contribution is 2.10. The van der Waals surface area contributed by atoms with Crippen LogP contribution in [0.25, 0.3) is 0 Å². The molecule has 0 bridgehead atoms. The number of nitrogens with zero attached hydrogens (tertiary/aromatic N) is 1. The Bertz CT molecular complexity index is 555. The molecule has 0 aliphatic carbocycles. The van der Waals surface area contributed by atoms with Crippen LogP contribution in [0, 0.1) is 17.2 Å². The van der Waals surface area contributed by atoms with Crippen LogP contribution in [0.5, 0.6) is 0 Å². The highest BCUT2D eigenvalue weighted by Gasteiger charge is 2.18. The molecule has 1 aromatic heterocycles. The Morgan fingerprint density at radius 1 is 1.71 bits per heavy atom. The summed E-state index contributed by atoms with van der Waals surface area (Å²) < 4.78 is 25.5. The molecule has 0 radical (unpaired) electrons. The summed E-state index contributed by atoms with van der Waals surface area (Å²) in [6, 6.07) is 2.90. The van der Waals surface area contributed by atoms with Gasteiger partial charge in [-0.05, 0) is 13.0 Å². The summed E-state index contributed by atoms with van der Waals surface area (Å²) in [7, 11) is -3.77. The molecule has 0 aromatic carbocycles. The third-order valence-corrected chi connectivity index (χ3v) is 3.40. The van der Waals surface area contributed by atoms with Crippen LogP contribution >= 0.6 is 0 Å². The second kappa shape index (κ2) is 4.99. The summed E-state index contributed by atoms with van der Waals surface area (Å²) in [6.07, 6.45) is 1.09. The Labute approximate surface area is 98.1 Å². The van der Waals surface area contributed by atoms with Gasteiger partial charge in [0.05, 0.1) is 12.0 Å². The van der Waals surface area contributed by atoms with E-state index in [1.165, 1.54) is 0 Å². The molecule has 1 unspecified atom stereocenters. The van der Waals surface area contributed by atoms with E-state index in [1.807, 2.05) is 6.07 Å². The molecule has 1 aromatic rings. The summed E-state index contributed by atoms with van der Waals surface area (Å²) in [4.78, 5) is 12.7. The van der Waals surface area contributed by atoms with Gasteiger partial charge in [-0.3, -0.25) is 0 Å².